The molecule has 21 heteroatoms. The zero-order valence-corrected chi connectivity index (χ0v) is 31.8. The third kappa shape index (κ3) is 12.9. The molecular formula is C34H47N5O16. The van der Waals surface area contributed by atoms with Crippen molar-refractivity contribution in [3.05, 3.63) is 23.9 Å². The Kier molecular flexibility index (Phi) is 15.8. The lowest BCUT2D eigenvalue weighted by Gasteiger charge is -2.49. The number of ether oxygens (including phenoxy) is 8. The second-order valence-electron chi connectivity index (χ2n) is 12.8. The van der Waals surface area contributed by atoms with Crippen molar-refractivity contribution in [3.63, 3.8) is 0 Å². The Morgan fingerprint density at radius 2 is 1.13 bits per heavy atom. The van der Waals surface area contributed by atoms with Crippen LogP contribution in [0.1, 0.15) is 58.8 Å². The van der Waals surface area contributed by atoms with E-state index in [-0.39, 0.29) is 5.56 Å². The number of rotatable bonds is 14. The maximum absolute atomic E-state index is 13.5. The Morgan fingerprint density at radius 3 is 1.58 bits per heavy atom. The molecule has 1 aromatic rings. The molecule has 0 aliphatic carbocycles. The maximum atomic E-state index is 13.5. The molecule has 2 saturated heterocycles. The van der Waals surface area contributed by atoms with Crippen LogP contribution in [0.4, 0.5) is 5.82 Å². The summed E-state index contributed by atoms with van der Waals surface area (Å²) in [6.07, 6.45) is -10.8. The molecule has 10 atom stereocenters. The van der Waals surface area contributed by atoms with Gasteiger partial charge in [-0.3, -0.25) is 38.4 Å². The number of hydrogen-bond donors (Lipinski definition) is 3. The van der Waals surface area contributed by atoms with Crippen LogP contribution in [0.5, 0.6) is 0 Å². The Hall–Kier alpha value is -5.41. The van der Waals surface area contributed by atoms with E-state index in [1.165, 1.54) is 12.3 Å². The molecule has 2 fully saturated rings. The van der Waals surface area contributed by atoms with E-state index in [0.29, 0.717) is 5.82 Å². The van der Waals surface area contributed by atoms with Crippen molar-refractivity contribution in [3.8, 4) is 0 Å². The van der Waals surface area contributed by atoms with Gasteiger partial charge in [-0.15, -0.1) is 0 Å². The van der Waals surface area contributed by atoms with E-state index in [2.05, 4.69) is 20.9 Å². The van der Waals surface area contributed by atoms with Crippen molar-refractivity contribution in [2.45, 2.75) is 110 Å². The van der Waals surface area contributed by atoms with Gasteiger partial charge in [0.25, 0.3) is 5.91 Å². The summed E-state index contributed by atoms with van der Waals surface area (Å²) in [5.74, 6) is -5.56. The predicted molar refractivity (Wildman–Crippen MR) is 183 cm³/mol. The molecule has 0 bridgehead atoms. The number of hydrogen-bond acceptors (Lipinski definition) is 18. The van der Waals surface area contributed by atoms with Gasteiger partial charge in [-0.2, -0.15) is 0 Å². The van der Waals surface area contributed by atoms with Crippen molar-refractivity contribution < 1.29 is 76.3 Å². The summed E-state index contributed by atoms with van der Waals surface area (Å²) in [5, 5.41) is 7.81. The van der Waals surface area contributed by atoms with E-state index in [9.17, 15) is 38.4 Å². The van der Waals surface area contributed by atoms with Crippen molar-refractivity contribution in [2.24, 2.45) is 0 Å². The van der Waals surface area contributed by atoms with Crippen LogP contribution in [0.15, 0.2) is 18.3 Å². The Bertz CT molecular complexity index is 1590. The van der Waals surface area contributed by atoms with E-state index in [4.69, 9.17) is 37.9 Å². The smallest absolute Gasteiger partial charge is 0.303 e. The molecule has 55 heavy (non-hydrogen) atoms. The van der Waals surface area contributed by atoms with E-state index >= 15 is 0 Å². The number of carbonyl (C=O) groups is 8. The minimum Gasteiger partial charge on any atom is -0.463 e. The van der Waals surface area contributed by atoms with E-state index in [1.54, 1.807) is 25.1 Å². The number of nitrogens with zero attached hydrogens (tertiary/aromatic N) is 2. The molecule has 0 spiro atoms. The first-order valence-corrected chi connectivity index (χ1v) is 17.0. The number of esters is 5. The lowest BCUT2D eigenvalue weighted by Crippen LogP contribution is -2.72. The van der Waals surface area contributed by atoms with Gasteiger partial charge in [0.15, 0.2) is 30.8 Å². The van der Waals surface area contributed by atoms with Gasteiger partial charge in [-0.25, -0.2) is 4.98 Å². The van der Waals surface area contributed by atoms with Crippen LogP contribution in [0.25, 0.3) is 0 Å². The third-order valence-corrected chi connectivity index (χ3v) is 7.92. The average Bonchev–Trinajstić information content (AvgIpc) is 3.07. The SMILES string of the molecule is CC(=O)N[C@@H]1[C@@H](OC(C)=O)[C@H](O[C@@H]2O[C@H](COC(C)=O)[C@@H](OC(C)=O)[C@H](OC(C)=O)[C@H]2NC(C)=O)[C@@H](COC(C)=O)O[C@H]1NC(=O)c1ccc(N(C)C)nc1. The van der Waals surface area contributed by atoms with Crippen LogP contribution >= 0.6 is 0 Å². The van der Waals surface area contributed by atoms with Gasteiger partial charge in [0.05, 0.1) is 5.56 Å². The van der Waals surface area contributed by atoms with Crippen molar-refractivity contribution in [2.75, 3.05) is 32.2 Å². The quantitative estimate of drug-likeness (QED) is 0.145. The van der Waals surface area contributed by atoms with Gasteiger partial charge in [-0.1, -0.05) is 0 Å². The molecule has 3 N–H and O–H groups in total. The Balaban J connectivity index is 2.15. The predicted octanol–water partition coefficient (Wildman–Crippen LogP) is -1.36. The first-order chi connectivity index (χ1) is 25.8. The van der Waals surface area contributed by atoms with Gasteiger partial charge in [0, 0.05) is 68.8 Å². The van der Waals surface area contributed by atoms with Crippen LogP contribution in [0.2, 0.25) is 0 Å². The van der Waals surface area contributed by atoms with Crippen molar-refractivity contribution in [1.29, 1.82) is 0 Å². The largest absolute Gasteiger partial charge is 0.463 e. The second kappa shape index (κ2) is 19.8. The molecule has 1 aromatic heterocycles. The highest BCUT2D eigenvalue weighted by atomic mass is 16.7. The molecule has 3 amide bonds. The van der Waals surface area contributed by atoms with Crippen LogP contribution in [-0.4, -0.2) is 141 Å². The number of nitrogens with one attached hydrogen (secondary N) is 3. The molecule has 21 nitrogen and oxygen atoms in total. The number of amides is 3. The lowest BCUT2D eigenvalue weighted by molar-refractivity contribution is -0.318. The number of anilines is 1. The van der Waals surface area contributed by atoms with E-state index in [0.717, 1.165) is 48.5 Å². The summed E-state index contributed by atoms with van der Waals surface area (Å²) in [4.78, 5) is 106. The number of carbonyl (C=O) groups excluding carboxylic acids is 8. The van der Waals surface area contributed by atoms with Crippen molar-refractivity contribution in [1.82, 2.24) is 20.9 Å². The molecule has 304 valence electrons. The fourth-order valence-electron chi connectivity index (χ4n) is 5.84. The van der Waals surface area contributed by atoms with Crippen LogP contribution in [0.3, 0.4) is 0 Å². The monoisotopic (exact) mass is 781 g/mol. The van der Waals surface area contributed by atoms with Gasteiger partial charge < -0.3 is 58.7 Å². The Labute approximate surface area is 316 Å². The van der Waals surface area contributed by atoms with Gasteiger partial charge in [-0.05, 0) is 12.1 Å². The van der Waals surface area contributed by atoms with E-state index in [1.807, 2.05) is 0 Å². The summed E-state index contributed by atoms with van der Waals surface area (Å²) in [5.41, 5.74) is 0.0983. The van der Waals surface area contributed by atoms with Crippen LogP contribution in [-0.2, 0) is 71.5 Å². The second-order valence-corrected chi connectivity index (χ2v) is 12.8. The zero-order valence-electron chi connectivity index (χ0n) is 31.8. The summed E-state index contributed by atoms with van der Waals surface area (Å²) in [7, 11) is 3.52. The van der Waals surface area contributed by atoms with Gasteiger partial charge in [0.1, 0.15) is 49.4 Å². The third-order valence-electron chi connectivity index (χ3n) is 7.92. The van der Waals surface area contributed by atoms with Gasteiger partial charge in [0.2, 0.25) is 11.8 Å². The molecule has 0 radical (unpaired) electrons. The average molecular weight is 782 g/mol. The Morgan fingerprint density at radius 1 is 0.636 bits per heavy atom. The number of aromatic nitrogens is 1. The topological polar surface area (TPSA) is 263 Å². The molecular weight excluding hydrogens is 734 g/mol. The molecule has 2 aliphatic heterocycles. The van der Waals surface area contributed by atoms with Crippen LogP contribution < -0.4 is 20.9 Å². The molecule has 0 saturated carbocycles. The lowest BCUT2D eigenvalue weighted by atomic mass is 9.93. The highest BCUT2D eigenvalue weighted by molar-refractivity contribution is 5.94. The highest BCUT2D eigenvalue weighted by Gasteiger charge is 2.56. The van der Waals surface area contributed by atoms with Crippen molar-refractivity contribution >= 4 is 53.4 Å². The summed E-state index contributed by atoms with van der Waals surface area (Å²) < 4.78 is 45.9. The fourth-order valence-corrected chi connectivity index (χ4v) is 5.84. The first-order valence-electron chi connectivity index (χ1n) is 17.0. The minimum absolute atomic E-state index is 0.0983. The first kappa shape index (κ1) is 44.0. The summed E-state index contributed by atoms with van der Waals surface area (Å²) in [6.45, 7) is 6.57. The minimum atomic E-state index is -1.71. The fraction of sp³-hybridized carbons (Fsp3) is 0.618. The highest BCUT2D eigenvalue weighted by Crippen LogP contribution is 2.33. The normalized spacial score (nSPS) is 27.3. The molecule has 0 unspecified atom stereocenters. The van der Waals surface area contributed by atoms with E-state index < -0.39 is 122 Å². The summed E-state index contributed by atoms with van der Waals surface area (Å²) >= 11 is 0. The van der Waals surface area contributed by atoms with Gasteiger partial charge >= 0.3 is 29.8 Å². The molecule has 2 aliphatic rings. The standard InChI is InChI=1S/C34H47N5O16/c1-15(40)36-26-30(51-20(6)45)29(23(13-48-17(3)42)53-33(26)38-32(47)22-10-11-25(35-12-22)39(8)9)55-34-27(37-16(2)41)31(52-21(7)46)28(50-19(5)44)24(54-34)14-49-18(4)43/h10-12,23-24,26-31,33-34H,13-14H2,1-9H3,(H,36,40)(H,37,41)(H,38,47)/t23-,24-,26-,27-,28-,29-,30-,31-,33-,34+/m1/s1. The number of pyridine rings is 1. The molecule has 0 aromatic carbocycles. The maximum Gasteiger partial charge on any atom is 0.303 e. The zero-order chi connectivity index (χ0) is 41.1. The van der Waals surface area contributed by atoms with Crippen LogP contribution in [0, 0.1) is 0 Å². The summed E-state index contributed by atoms with van der Waals surface area (Å²) in [6, 6.07) is 0.227. The molecule has 3 heterocycles. The molecule has 3 rings (SSSR count).